The van der Waals surface area contributed by atoms with E-state index in [0.29, 0.717) is 22.8 Å². The molecule has 0 atom stereocenters. The van der Waals surface area contributed by atoms with Crippen molar-refractivity contribution < 1.29 is 14.6 Å². The van der Waals surface area contributed by atoms with Crippen molar-refractivity contribution in [2.45, 2.75) is 39.8 Å². The molecule has 2 heterocycles. The number of benzene rings is 1. The Balaban J connectivity index is 2.13. The molecular weight excluding hydrogens is 364 g/mol. The third-order valence-electron chi connectivity index (χ3n) is 4.28. The summed E-state index contributed by atoms with van der Waals surface area (Å²) in [5.74, 6) is -0.217. The van der Waals surface area contributed by atoms with Crippen molar-refractivity contribution in [1.29, 1.82) is 0 Å². The van der Waals surface area contributed by atoms with Crippen molar-refractivity contribution in [2.24, 2.45) is 0 Å². The Labute approximate surface area is 160 Å². The zero-order valence-corrected chi connectivity index (χ0v) is 16.1. The number of hydrogen-bond donors (Lipinski definition) is 2. The highest BCUT2D eigenvalue weighted by atomic mass is 16.5. The van der Waals surface area contributed by atoms with Crippen LogP contribution in [0.5, 0.6) is 5.75 Å². The van der Waals surface area contributed by atoms with E-state index in [0.717, 1.165) is 0 Å². The maximum absolute atomic E-state index is 12.8. The van der Waals surface area contributed by atoms with E-state index < -0.39 is 23.8 Å². The summed E-state index contributed by atoms with van der Waals surface area (Å²) in [6.07, 6.45) is 0. The van der Waals surface area contributed by atoms with Crippen molar-refractivity contribution in [3.63, 3.8) is 0 Å². The van der Waals surface area contributed by atoms with Crippen molar-refractivity contribution >= 4 is 17.1 Å². The zero-order chi connectivity index (χ0) is 20.6. The van der Waals surface area contributed by atoms with Crippen LogP contribution in [0.3, 0.4) is 0 Å². The van der Waals surface area contributed by atoms with E-state index in [4.69, 9.17) is 9.84 Å². The molecule has 0 spiro atoms. The van der Waals surface area contributed by atoms with E-state index in [-0.39, 0.29) is 17.6 Å². The number of H-pyrrole nitrogens is 1. The minimum absolute atomic E-state index is 0.177. The molecule has 0 amide bonds. The van der Waals surface area contributed by atoms with E-state index in [1.807, 2.05) is 13.8 Å². The van der Waals surface area contributed by atoms with Gasteiger partial charge in [0.1, 0.15) is 17.1 Å². The lowest BCUT2D eigenvalue weighted by Gasteiger charge is -2.15. The van der Waals surface area contributed by atoms with Gasteiger partial charge in [0.05, 0.1) is 0 Å². The van der Waals surface area contributed by atoms with Gasteiger partial charge in [-0.15, -0.1) is 0 Å². The van der Waals surface area contributed by atoms with Gasteiger partial charge >= 0.3 is 11.7 Å². The number of carbonyl (C=O) groups is 1. The minimum atomic E-state index is -1.06. The minimum Gasteiger partial charge on any atom is -0.482 e. The standard InChI is InChI=1S/C19H22N4O5/c1-10(2)22-17-15(18(26)23(11(3)4)19(22)27)20-16(21-17)12-5-7-13(8-6-12)28-9-14(24)25/h5-8,10-11H,9H2,1-4H3,(H,20,21)(H,24,25). The average molecular weight is 386 g/mol. The van der Waals surface area contributed by atoms with Gasteiger partial charge in [0, 0.05) is 17.6 Å². The fourth-order valence-electron chi connectivity index (χ4n) is 3.01. The molecule has 3 aromatic rings. The summed E-state index contributed by atoms with van der Waals surface area (Å²) < 4.78 is 7.83. The molecule has 9 nitrogen and oxygen atoms in total. The molecule has 0 radical (unpaired) electrons. The van der Waals surface area contributed by atoms with Gasteiger partial charge < -0.3 is 14.8 Å². The Kier molecular flexibility index (Phi) is 5.08. The molecule has 148 valence electrons. The van der Waals surface area contributed by atoms with Crippen molar-refractivity contribution in [3.05, 3.63) is 45.1 Å². The Morgan fingerprint density at radius 2 is 1.71 bits per heavy atom. The van der Waals surface area contributed by atoms with Gasteiger partial charge in [-0.1, -0.05) is 0 Å². The van der Waals surface area contributed by atoms with Crippen LogP contribution in [0.4, 0.5) is 0 Å². The number of carboxylic acids is 1. The first-order chi connectivity index (χ1) is 13.2. The van der Waals surface area contributed by atoms with Crippen LogP contribution < -0.4 is 16.0 Å². The van der Waals surface area contributed by atoms with Crippen LogP contribution in [0.25, 0.3) is 22.6 Å². The molecule has 0 bridgehead atoms. The van der Waals surface area contributed by atoms with Crippen LogP contribution in [0.15, 0.2) is 33.9 Å². The van der Waals surface area contributed by atoms with Crippen LogP contribution in [0.1, 0.15) is 39.8 Å². The molecule has 0 aliphatic rings. The molecule has 3 rings (SSSR count). The summed E-state index contributed by atoms with van der Waals surface area (Å²) in [5.41, 5.74) is 0.452. The first-order valence-electron chi connectivity index (χ1n) is 8.92. The highest BCUT2D eigenvalue weighted by molar-refractivity contribution is 5.75. The summed E-state index contributed by atoms with van der Waals surface area (Å²) in [6.45, 7) is 6.86. The number of rotatable bonds is 6. The van der Waals surface area contributed by atoms with E-state index in [1.54, 1.807) is 38.1 Å². The Bertz CT molecular complexity index is 1140. The van der Waals surface area contributed by atoms with E-state index in [9.17, 15) is 14.4 Å². The third-order valence-corrected chi connectivity index (χ3v) is 4.28. The highest BCUT2D eigenvalue weighted by Crippen LogP contribution is 2.22. The number of aromatic nitrogens is 4. The fraction of sp³-hybridized carbons (Fsp3) is 0.368. The number of nitrogens with zero attached hydrogens (tertiary/aromatic N) is 3. The van der Waals surface area contributed by atoms with Crippen LogP contribution in [0, 0.1) is 0 Å². The van der Waals surface area contributed by atoms with Crippen molar-refractivity contribution in [3.8, 4) is 17.1 Å². The monoisotopic (exact) mass is 386 g/mol. The largest absolute Gasteiger partial charge is 0.482 e. The summed E-state index contributed by atoms with van der Waals surface area (Å²) in [7, 11) is 0. The molecule has 2 aromatic heterocycles. The number of carboxylic acid groups (broad SMARTS) is 1. The van der Waals surface area contributed by atoms with E-state index >= 15 is 0 Å². The van der Waals surface area contributed by atoms with E-state index in [2.05, 4.69) is 9.97 Å². The lowest BCUT2D eigenvalue weighted by atomic mass is 10.2. The number of aliphatic carboxylic acids is 1. The second-order valence-electron chi connectivity index (χ2n) is 7.01. The summed E-state index contributed by atoms with van der Waals surface area (Å²) >= 11 is 0. The predicted octanol–water partition coefficient (Wildman–Crippen LogP) is 2.18. The molecule has 0 unspecified atom stereocenters. The van der Waals surface area contributed by atoms with Gasteiger partial charge in [0.25, 0.3) is 5.56 Å². The summed E-state index contributed by atoms with van der Waals surface area (Å²) in [6, 6.07) is 6.18. The Morgan fingerprint density at radius 3 is 2.25 bits per heavy atom. The van der Waals surface area contributed by atoms with Crippen LogP contribution in [0.2, 0.25) is 0 Å². The van der Waals surface area contributed by atoms with Crippen molar-refractivity contribution in [2.75, 3.05) is 6.61 Å². The lowest BCUT2D eigenvalue weighted by molar-refractivity contribution is -0.139. The molecule has 2 N–H and O–H groups in total. The molecule has 0 saturated carbocycles. The van der Waals surface area contributed by atoms with Gasteiger partial charge in [0.2, 0.25) is 0 Å². The molecule has 1 aromatic carbocycles. The van der Waals surface area contributed by atoms with Crippen LogP contribution in [-0.2, 0) is 4.79 Å². The van der Waals surface area contributed by atoms with Gasteiger partial charge in [-0.2, -0.15) is 0 Å². The topological polar surface area (TPSA) is 119 Å². The number of nitrogens with one attached hydrogen (secondary N) is 1. The first kappa shape index (κ1) is 19.4. The number of hydrogen-bond acceptors (Lipinski definition) is 5. The lowest BCUT2D eigenvalue weighted by Crippen LogP contribution is -2.41. The quantitative estimate of drug-likeness (QED) is 0.670. The first-order valence-corrected chi connectivity index (χ1v) is 8.92. The molecule has 0 aliphatic carbocycles. The molecule has 0 aliphatic heterocycles. The van der Waals surface area contributed by atoms with Gasteiger partial charge in [-0.05, 0) is 52.0 Å². The number of ether oxygens (including phenoxy) is 1. The molecule has 0 saturated heterocycles. The van der Waals surface area contributed by atoms with Crippen LogP contribution >= 0.6 is 0 Å². The summed E-state index contributed by atoms with van der Waals surface area (Å²) in [4.78, 5) is 43.7. The number of fused-ring (bicyclic) bond motifs is 1. The number of aromatic amines is 1. The maximum Gasteiger partial charge on any atom is 0.341 e. The fourth-order valence-corrected chi connectivity index (χ4v) is 3.01. The second-order valence-corrected chi connectivity index (χ2v) is 7.01. The maximum atomic E-state index is 12.8. The average Bonchev–Trinajstić information content (AvgIpc) is 3.05. The van der Waals surface area contributed by atoms with Crippen LogP contribution in [-0.4, -0.2) is 36.8 Å². The highest BCUT2D eigenvalue weighted by Gasteiger charge is 2.20. The van der Waals surface area contributed by atoms with Gasteiger partial charge in [0.15, 0.2) is 12.3 Å². The zero-order valence-electron chi connectivity index (χ0n) is 16.1. The van der Waals surface area contributed by atoms with Gasteiger partial charge in [-0.3, -0.25) is 13.9 Å². The summed E-state index contributed by atoms with van der Waals surface area (Å²) in [5, 5.41) is 8.67. The molecule has 0 fully saturated rings. The molecule has 9 heteroatoms. The normalized spacial score (nSPS) is 11.5. The Morgan fingerprint density at radius 1 is 1.11 bits per heavy atom. The Hall–Kier alpha value is -3.36. The van der Waals surface area contributed by atoms with Crippen molar-refractivity contribution in [1.82, 2.24) is 19.1 Å². The SMILES string of the molecule is CC(C)n1c(=O)c2[nH]c(-c3ccc(OCC(=O)O)cc3)nc2n(C(C)C)c1=O. The third kappa shape index (κ3) is 3.42. The van der Waals surface area contributed by atoms with E-state index in [1.165, 1.54) is 9.13 Å². The second kappa shape index (κ2) is 7.34. The smallest absolute Gasteiger partial charge is 0.341 e. The van der Waals surface area contributed by atoms with Gasteiger partial charge in [-0.25, -0.2) is 14.6 Å². The number of imidazole rings is 1. The molecule has 28 heavy (non-hydrogen) atoms. The predicted molar refractivity (Wildman–Crippen MR) is 104 cm³/mol. The molecular formula is C19H22N4O5.